The Labute approximate surface area is 150 Å². The zero-order valence-corrected chi connectivity index (χ0v) is 15.1. The van der Waals surface area contributed by atoms with Gasteiger partial charge in [0.2, 0.25) is 5.91 Å². The Balaban J connectivity index is 1.30. The molecule has 0 aromatic heterocycles. The molecule has 1 aliphatic heterocycles. The average Bonchev–Trinajstić information content (AvgIpc) is 3.31. The number of nitrogens with one attached hydrogen (secondary N) is 2. The molecule has 140 valence electrons. The largest absolute Gasteiger partial charge is 0.356 e. The van der Waals surface area contributed by atoms with Crippen molar-refractivity contribution in [2.24, 2.45) is 5.92 Å². The van der Waals surface area contributed by atoms with Crippen LogP contribution in [0.2, 0.25) is 0 Å². The van der Waals surface area contributed by atoms with Crippen molar-refractivity contribution in [1.29, 1.82) is 0 Å². The van der Waals surface area contributed by atoms with Crippen LogP contribution in [0.5, 0.6) is 0 Å². The van der Waals surface area contributed by atoms with Crippen molar-refractivity contribution in [1.82, 2.24) is 15.5 Å². The van der Waals surface area contributed by atoms with Gasteiger partial charge in [-0.3, -0.25) is 14.5 Å². The van der Waals surface area contributed by atoms with Crippen LogP contribution in [0, 0.1) is 5.92 Å². The zero-order chi connectivity index (χ0) is 17.7. The lowest BCUT2D eigenvalue weighted by Crippen LogP contribution is -2.44. The predicted molar refractivity (Wildman–Crippen MR) is 94.9 cm³/mol. The lowest BCUT2D eigenvalue weighted by Gasteiger charge is -2.19. The van der Waals surface area contributed by atoms with Crippen LogP contribution in [0.3, 0.4) is 0 Å². The first-order valence-electron chi connectivity index (χ1n) is 10.0. The molecule has 2 saturated carbocycles. The number of nitrogens with zero attached hydrogens (tertiary/aromatic N) is 1. The second kappa shape index (κ2) is 8.19. The molecule has 3 aliphatic rings. The maximum atomic E-state index is 12.5. The second-order valence-corrected chi connectivity index (χ2v) is 7.92. The van der Waals surface area contributed by atoms with Crippen LogP contribution in [0.1, 0.15) is 77.0 Å². The van der Waals surface area contributed by atoms with Gasteiger partial charge in [0.05, 0.1) is 0 Å². The van der Waals surface area contributed by atoms with Crippen LogP contribution in [-0.2, 0) is 9.59 Å². The average molecular weight is 349 g/mol. The number of carbonyl (C=O) groups excluding carboxylic acids is 3. The Morgan fingerprint density at radius 1 is 1.12 bits per heavy atom. The smallest absolute Gasteiger partial charge is 0.325 e. The van der Waals surface area contributed by atoms with Gasteiger partial charge >= 0.3 is 6.03 Å². The molecule has 0 radical (unpaired) electrons. The van der Waals surface area contributed by atoms with E-state index in [-0.39, 0.29) is 17.8 Å². The number of hydrogen-bond acceptors (Lipinski definition) is 3. The highest BCUT2D eigenvalue weighted by Crippen LogP contribution is 2.35. The minimum Gasteiger partial charge on any atom is -0.356 e. The van der Waals surface area contributed by atoms with Gasteiger partial charge in [-0.2, -0.15) is 0 Å². The van der Waals surface area contributed by atoms with Crippen LogP contribution in [0.4, 0.5) is 4.79 Å². The van der Waals surface area contributed by atoms with Gasteiger partial charge in [0.25, 0.3) is 5.91 Å². The van der Waals surface area contributed by atoms with E-state index in [0.29, 0.717) is 19.4 Å². The fourth-order valence-corrected chi connectivity index (χ4v) is 4.60. The fraction of sp³-hybridized carbons (Fsp3) is 0.842. The molecule has 0 aromatic carbocycles. The topological polar surface area (TPSA) is 78.5 Å². The van der Waals surface area contributed by atoms with E-state index >= 15 is 0 Å². The number of urea groups is 1. The lowest BCUT2D eigenvalue weighted by atomic mass is 9.98. The summed E-state index contributed by atoms with van der Waals surface area (Å²) in [5.74, 6) is 0.792. The molecule has 0 atom stereocenters. The third kappa shape index (κ3) is 4.33. The molecule has 6 nitrogen and oxygen atoms in total. The van der Waals surface area contributed by atoms with Crippen molar-refractivity contribution >= 4 is 17.8 Å². The van der Waals surface area contributed by atoms with Crippen LogP contribution >= 0.6 is 0 Å². The molecule has 6 heteroatoms. The summed E-state index contributed by atoms with van der Waals surface area (Å²) in [4.78, 5) is 37.8. The quantitative estimate of drug-likeness (QED) is 0.522. The summed E-state index contributed by atoms with van der Waals surface area (Å²) in [6.45, 7) is 1.07. The summed E-state index contributed by atoms with van der Waals surface area (Å²) < 4.78 is 0. The van der Waals surface area contributed by atoms with Gasteiger partial charge in [0.15, 0.2) is 0 Å². The van der Waals surface area contributed by atoms with Gasteiger partial charge in [-0.15, -0.1) is 0 Å². The van der Waals surface area contributed by atoms with Gasteiger partial charge in [0, 0.05) is 19.5 Å². The lowest BCUT2D eigenvalue weighted by molar-refractivity contribution is -0.131. The van der Waals surface area contributed by atoms with Crippen molar-refractivity contribution < 1.29 is 14.4 Å². The number of rotatable bonds is 8. The van der Waals surface area contributed by atoms with E-state index in [0.717, 1.165) is 44.6 Å². The first kappa shape index (κ1) is 18.2. The fourth-order valence-electron chi connectivity index (χ4n) is 4.60. The SMILES string of the molecule is O=C(CCCN1C(=O)NC2(CCCC2)C1=O)NCCCC1CCCC1. The Morgan fingerprint density at radius 3 is 2.56 bits per heavy atom. The molecule has 0 aromatic rings. The molecule has 3 rings (SSSR count). The van der Waals surface area contributed by atoms with Crippen LogP contribution in [0.15, 0.2) is 0 Å². The Kier molecular flexibility index (Phi) is 5.97. The van der Waals surface area contributed by atoms with E-state index < -0.39 is 5.54 Å². The highest BCUT2D eigenvalue weighted by Gasteiger charge is 2.51. The summed E-state index contributed by atoms with van der Waals surface area (Å²) in [5, 5.41) is 5.83. The molecule has 1 spiro atoms. The maximum absolute atomic E-state index is 12.5. The minimum absolute atomic E-state index is 0.0223. The normalized spacial score (nSPS) is 22.8. The molecule has 1 saturated heterocycles. The molecule has 4 amide bonds. The Bertz CT molecular complexity index is 508. The summed E-state index contributed by atoms with van der Waals surface area (Å²) in [6.07, 6.45) is 12.1. The highest BCUT2D eigenvalue weighted by atomic mass is 16.2. The molecular weight excluding hydrogens is 318 g/mol. The van der Waals surface area contributed by atoms with E-state index in [9.17, 15) is 14.4 Å². The van der Waals surface area contributed by atoms with Gasteiger partial charge < -0.3 is 10.6 Å². The summed E-state index contributed by atoms with van der Waals surface area (Å²) >= 11 is 0. The minimum atomic E-state index is -0.639. The van der Waals surface area contributed by atoms with E-state index in [2.05, 4.69) is 10.6 Å². The monoisotopic (exact) mass is 349 g/mol. The second-order valence-electron chi connectivity index (χ2n) is 7.92. The molecule has 2 aliphatic carbocycles. The van der Waals surface area contributed by atoms with Crippen LogP contribution in [-0.4, -0.2) is 41.4 Å². The standard InChI is InChI=1S/C19H31N3O3/c23-16(20-13-5-9-15-7-1-2-8-15)10-6-14-22-17(24)19(21-18(22)25)11-3-4-12-19/h15H,1-14H2,(H,20,23)(H,21,25). The molecular formula is C19H31N3O3. The van der Waals surface area contributed by atoms with Gasteiger partial charge in [-0.1, -0.05) is 38.5 Å². The summed E-state index contributed by atoms with van der Waals surface area (Å²) in [6, 6.07) is -0.288. The van der Waals surface area contributed by atoms with E-state index in [4.69, 9.17) is 0 Å². The van der Waals surface area contributed by atoms with Crippen molar-refractivity contribution in [2.75, 3.05) is 13.1 Å². The first-order valence-corrected chi connectivity index (χ1v) is 10.0. The van der Waals surface area contributed by atoms with Gasteiger partial charge in [0.1, 0.15) is 5.54 Å². The zero-order valence-electron chi connectivity index (χ0n) is 15.1. The molecule has 2 N–H and O–H groups in total. The van der Waals surface area contributed by atoms with Gasteiger partial charge in [-0.05, 0) is 38.0 Å². The first-order chi connectivity index (χ1) is 12.1. The predicted octanol–water partition coefficient (Wildman–Crippen LogP) is 2.72. The third-order valence-corrected chi connectivity index (χ3v) is 6.07. The highest BCUT2D eigenvalue weighted by molar-refractivity contribution is 6.07. The van der Waals surface area contributed by atoms with Crippen molar-refractivity contribution in [3.8, 4) is 0 Å². The van der Waals surface area contributed by atoms with E-state index in [1.807, 2.05) is 0 Å². The molecule has 1 heterocycles. The van der Waals surface area contributed by atoms with Gasteiger partial charge in [-0.25, -0.2) is 4.79 Å². The molecule has 3 fully saturated rings. The Hall–Kier alpha value is -1.59. The number of hydrogen-bond donors (Lipinski definition) is 2. The number of imide groups is 1. The molecule has 0 unspecified atom stereocenters. The number of amides is 4. The molecule has 0 bridgehead atoms. The summed E-state index contributed by atoms with van der Waals surface area (Å²) in [7, 11) is 0. The Morgan fingerprint density at radius 2 is 1.84 bits per heavy atom. The third-order valence-electron chi connectivity index (χ3n) is 6.07. The van der Waals surface area contributed by atoms with E-state index in [1.54, 1.807) is 0 Å². The van der Waals surface area contributed by atoms with Crippen molar-refractivity contribution in [3.63, 3.8) is 0 Å². The van der Waals surface area contributed by atoms with E-state index in [1.165, 1.54) is 37.0 Å². The maximum Gasteiger partial charge on any atom is 0.325 e. The van der Waals surface area contributed by atoms with Crippen molar-refractivity contribution in [2.45, 2.75) is 82.6 Å². The van der Waals surface area contributed by atoms with Crippen molar-refractivity contribution in [3.05, 3.63) is 0 Å². The van der Waals surface area contributed by atoms with Crippen LogP contribution < -0.4 is 10.6 Å². The summed E-state index contributed by atoms with van der Waals surface area (Å²) in [5.41, 5.74) is -0.639. The number of carbonyl (C=O) groups is 3. The van der Waals surface area contributed by atoms with Crippen LogP contribution in [0.25, 0.3) is 0 Å². The molecule has 25 heavy (non-hydrogen) atoms.